The summed E-state index contributed by atoms with van der Waals surface area (Å²) in [4.78, 5) is 9.13. The Bertz CT molecular complexity index is 536. The van der Waals surface area contributed by atoms with Gasteiger partial charge in [-0.05, 0) is 6.07 Å². The molecule has 0 aliphatic rings. The molecule has 3 aromatic heterocycles. The van der Waals surface area contributed by atoms with Gasteiger partial charge in [-0.2, -0.15) is 0 Å². The molecule has 0 atom stereocenters. The summed E-state index contributed by atoms with van der Waals surface area (Å²) < 4.78 is 3.17. The van der Waals surface area contributed by atoms with E-state index in [4.69, 9.17) is 0 Å². The third-order valence-corrected chi connectivity index (χ3v) is 2.79. The number of fused-ring (bicyclic) bond motifs is 3. The van der Waals surface area contributed by atoms with Crippen LogP contribution >= 0.6 is 11.3 Å². The van der Waals surface area contributed by atoms with Crippen molar-refractivity contribution in [1.29, 1.82) is 0 Å². The molecule has 0 aromatic carbocycles. The fraction of sp³-hybridized carbons (Fsp3) is 0. The van der Waals surface area contributed by atoms with E-state index >= 15 is 0 Å². The van der Waals surface area contributed by atoms with Crippen LogP contribution in [-0.2, 0) is 0 Å². The third-order valence-electron chi connectivity index (χ3n) is 1.75. The van der Waals surface area contributed by atoms with Gasteiger partial charge in [0, 0.05) is 18.6 Å². The van der Waals surface area contributed by atoms with Crippen molar-refractivity contribution in [1.82, 2.24) is 14.4 Å². The van der Waals surface area contributed by atoms with E-state index in [2.05, 4.69) is 16.2 Å². The zero-order valence-corrected chi connectivity index (χ0v) is 6.88. The fourth-order valence-corrected chi connectivity index (χ4v) is 2.16. The minimum Gasteiger partial charge on any atom is -0.288 e. The Morgan fingerprint density at radius 3 is 3.42 bits per heavy atom. The van der Waals surface area contributed by atoms with Gasteiger partial charge < -0.3 is 0 Å². The molecule has 4 heteroatoms. The van der Waals surface area contributed by atoms with Crippen LogP contribution in [0.2, 0.25) is 0 Å². The third kappa shape index (κ3) is 0.648. The highest BCUT2D eigenvalue weighted by Gasteiger charge is 2.03. The van der Waals surface area contributed by atoms with Crippen LogP contribution in [0.1, 0.15) is 0 Å². The molecular weight excluding hydrogens is 170 g/mol. The lowest BCUT2D eigenvalue weighted by atomic mass is 10.4. The Hall–Kier alpha value is -1.42. The second-order valence-corrected chi connectivity index (χ2v) is 3.46. The van der Waals surface area contributed by atoms with Crippen molar-refractivity contribution >= 4 is 26.5 Å². The molecule has 0 aliphatic carbocycles. The molecular formula is C8H4N3S. The summed E-state index contributed by atoms with van der Waals surface area (Å²) in [5.74, 6) is 0. The zero-order valence-electron chi connectivity index (χ0n) is 6.06. The molecule has 0 N–H and O–H groups in total. The van der Waals surface area contributed by atoms with Gasteiger partial charge in [0.15, 0.2) is 4.96 Å². The fourth-order valence-electron chi connectivity index (χ4n) is 1.23. The number of hydrogen-bond donors (Lipinski definition) is 0. The SMILES string of the molecule is [c]1nccc2sc3nccn3c12. The first-order valence-electron chi connectivity index (χ1n) is 3.53. The van der Waals surface area contributed by atoms with Crippen LogP contribution < -0.4 is 0 Å². The summed E-state index contributed by atoms with van der Waals surface area (Å²) in [7, 11) is 0. The Morgan fingerprint density at radius 2 is 2.42 bits per heavy atom. The zero-order chi connectivity index (χ0) is 7.97. The molecule has 3 aromatic rings. The predicted octanol–water partition coefficient (Wildman–Crippen LogP) is 1.74. The smallest absolute Gasteiger partial charge is 0.194 e. The Kier molecular flexibility index (Phi) is 1.04. The molecule has 0 bridgehead atoms. The number of pyridine rings is 1. The molecule has 3 rings (SSSR count). The highest BCUT2D eigenvalue weighted by molar-refractivity contribution is 7.23. The van der Waals surface area contributed by atoms with E-state index in [1.54, 1.807) is 23.7 Å². The van der Waals surface area contributed by atoms with Crippen molar-refractivity contribution in [3.63, 3.8) is 0 Å². The first kappa shape index (κ1) is 6.14. The second kappa shape index (κ2) is 2.04. The molecule has 0 fully saturated rings. The van der Waals surface area contributed by atoms with Gasteiger partial charge in [-0.25, -0.2) is 4.98 Å². The molecule has 1 radical (unpaired) electrons. The first-order valence-corrected chi connectivity index (χ1v) is 4.35. The topological polar surface area (TPSA) is 30.2 Å². The molecule has 0 unspecified atom stereocenters. The van der Waals surface area contributed by atoms with Gasteiger partial charge in [-0.1, -0.05) is 11.3 Å². The highest BCUT2D eigenvalue weighted by Crippen LogP contribution is 2.23. The summed E-state index contributed by atoms with van der Waals surface area (Å²) in [5.41, 5.74) is 1.01. The second-order valence-electron chi connectivity index (χ2n) is 2.45. The van der Waals surface area contributed by atoms with Crippen LogP contribution in [0.4, 0.5) is 0 Å². The Morgan fingerprint density at radius 1 is 1.42 bits per heavy atom. The molecule has 0 amide bonds. The number of rotatable bonds is 0. The summed E-state index contributed by atoms with van der Waals surface area (Å²) in [6.07, 6.45) is 8.40. The van der Waals surface area contributed by atoms with Crippen molar-refractivity contribution < 1.29 is 0 Å². The number of aromatic nitrogens is 3. The van der Waals surface area contributed by atoms with Gasteiger partial charge in [0.2, 0.25) is 0 Å². The predicted molar refractivity (Wildman–Crippen MR) is 47.2 cm³/mol. The minimum absolute atomic E-state index is 0.995. The van der Waals surface area contributed by atoms with Crippen LogP contribution in [0.15, 0.2) is 24.7 Å². The van der Waals surface area contributed by atoms with Gasteiger partial charge in [-0.3, -0.25) is 9.38 Å². The molecule has 0 saturated carbocycles. The van der Waals surface area contributed by atoms with Crippen molar-refractivity contribution in [3.8, 4) is 0 Å². The molecule has 3 nitrogen and oxygen atoms in total. The first-order chi connectivity index (χ1) is 5.95. The van der Waals surface area contributed by atoms with Crippen molar-refractivity contribution in [2.24, 2.45) is 0 Å². The van der Waals surface area contributed by atoms with Crippen LogP contribution in [0.5, 0.6) is 0 Å². The molecule has 0 spiro atoms. The van der Waals surface area contributed by atoms with Crippen molar-refractivity contribution in [2.45, 2.75) is 0 Å². The van der Waals surface area contributed by atoms with E-state index in [0.29, 0.717) is 0 Å². The summed E-state index contributed by atoms with van der Waals surface area (Å²) >= 11 is 1.65. The molecule has 57 valence electrons. The van der Waals surface area contributed by atoms with E-state index < -0.39 is 0 Å². The van der Waals surface area contributed by atoms with Gasteiger partial charge >= 0.3 is 0 Å². The van der Waals surface area contributed by atoms with Gasteiger partial charge in [0.25, 0.3) is 0 Å². The molecule has 12 heavy (non-hydrogen) atoms. The summed E-state index contributed by atoms with van der Waals surface area (Å²) in [6, 6.07) is 1.98. The maximum Gasteiger partial charge on any atom is 0.194 e. The lowest BCUT2D eigenvalue weighted by molar-refractivity contribution is 1.25. The van der Waals surface area contributed by atoms with Crippen LogP contribution in [0.25, 0.3) is 15.2 Å². The maximum atomic E-state index is 4.19. The number of hydrogen-bond acceptors (Lipinski definition) is 3. The maximum absolute atomic E-state index is 4.19. The average Bonchev–Trinajstić information content (AvgIpc) is 2.62. The summed E-state index contributed by atoms with van der Waals surface area (Å²) in [5, 5.41) is 0. The van der Waals surface area contributed by atoms with Crippen molar-refractivity contribution in [2.75, 3.05) is 0 Å². The van der Waals surface area contributed by atoms with Crippen LogP contribution in [0.3, 0.4) is 0 Å². The number of nitrogens with zero attached hydrogens (tertiary/aromatic N) is 3. The van der Waals surface area contributed by atoms with E-state index in [0.717, 1.165) is 10.5 Å². The lowest BCUT2D eigenvalue weighted by Crippen LogP contribution is -1.77. The van der Waals surface area contributed by atoms with Crippen molar-refractivity contribution in [3.05, 3.63) is 30.9 Å². The Labute approximate surface area is 72.3 Å². The molecule has 0 aliphatic heterocycles. The Balaban J connectivity index is 2.68. The summed E-state index contributed by atoms with van der Waals surface area (Å²) in [6.45, 7) is 0. The normalized spacial score (nSPS) is 11.3. The average molecular weight is 174 g/mol. The van der Waals surface area contributed by atoms with E-state index in [1.165, 1.54) is 4.70 Å². The quantitative estimate of drug-likeness (QED) is 0.519. The molecule has 0 saturated heterocycles. The highest BCUT2D eigenvalue weighted by atomic mass is 32.1. The number of imidazole rings is 1. The minimum atomic E-state index is 0.995. The van der Waals surface area contributed by atoms with E-state index in [-0.39, 0.29) is 0 Å². The van der Waals surface area contributed by atoms with Gasteiger partial charge in [0.1, 0.15) is 6.20 Å². The molecule has 3 heterocycles. The van der Waals surface area contributed by atoms with Gasteiger partial charge in [-0.15, -0.1) is 0 Å². The standard InChI is InChI=1S/C8H4N3S/c1-2-9-5-6-7(1)12-8-10-3-4-11(6)8/h1-4H. The lowest BCUT2D eigenvalue weighted by Gasteiger charge is -1.85. The van der Waals surface area contributed by atoms with E-state index in [1.807, 2.05) is 16.7 Å². The number of thiazole rings is 1. The largest absolute Gasteiger partial charge is 0.288 e. The van der Waals surface area contributed by atoms with Crippen LogP contribution in [-0.4, -0.2) is 14.4 Å². The van der Waals surface area contributed by atoms with Crippen LogP contribution in [0, 0.1) is 6.20 Å². The van der Waals surface area contributed by atoms with Gasteiger partial charge in [0.05, 0.1) is 10.2 Å². The van der Waals surface area contributed by atoms with E-state index in [9.17, 15) is 0 Å². The monoisotopic (exact) mass is 174 g/mol.